The van der Waals surface area contributed by atoms with Crippen LogP contribution in [0.5, 0.6) is 11.5 Å². The first-order valence-electron chi connectivity index (χ1n) is 9.32. The number of rotatable bonds is 6. The highest BCUT2D eigenvalue weighted by molar-refractivity contribution is 7.15. The van der Waals surface area contributed by atoms with Crippen molar-refractivity contribution < 1.29 is 9.47 Å². The van der Waals surface area contributed by atoms with Crippen molar-refractivity contribution in [2.45, 2.75) is 13.8 Å². The summed E-state index contributed by atoms with van der Waals surface area (Å²) in [5.41, 5.74) is 1.49. The number of fused-ring (bicyclic) bond motifs is 1. The van der Waals surface area contributed by atoms with Gasteiger partial charge in [-0.3, -0.25) is 4.79 Å². The molecule has 0 bridgehead atoms. The monoisotopic (exact) mass is 407 g/mol. The molecule has 2 aromatic heterocycles. The van der Waals surface area contributed by atoms with Crippen molar-refractivity contribution in [2.75, 3.05) is 13.7 Å². The molecule has 0 aliphatic carbocycles. The van der Waals surface area contributed by atoms with Crippen molar-refractivity contribution in [3.05, 3.63) is 69.0 Å². The predicted octanol–water partition coefficient (Wildman–Crippen LogP) is 3.41. The van der Waals surface area contributed by atoms with Gasteiger partial charge in [0.1, 0.15) is 11.5 Å². The number of para-hydroxylation sites is 1. The van der Waals surface area contributed by atoms with Crippen LogP contribution in [-0.2, 0) is 0 Å². The molecule has 0 unspecified atom stereocenters. The van der Waals surface area contributed by atoms with Gasteiger partial charge >= 0.3 is 0 Å². The number of methoxy groups -OCH3 is 1. The molecule has 29 heavy (non-hydrogen) atoms. The van der Waals surface area contributed by atoms with Crippen molar-refractivity contribution in [1.82, 2.24) is 14.6 Å². The molecule has 7 heteroatoms. The molecule has 0 aliphatic rings. The highest BCUT2D eigenvalue weighted by Crippen LogP contribution is 2.21. The van der Waals surface area contributed by atoms with Gasteiger partial charge in [-0.1, -0.05) is 43.4 Å². The fourth-order valence-corrected chi connectivity index (χ4v) is 3.74. The van der Waals surface area contributed by atoms with Gasteiger partial charge in [0.05, 0.1) is 18.2 Å². The first-order chi connectivity index (χ1) is 14.0. The van der Waals surface area contributed by atoms with Crippen LogP contribution in [-0.4, -0.2) is 28.3 Å². The van der Waals surface area contributed by atoms with Gasteiger partial charge < -0.3 is 9.47 Å². The molecule has 0 saturated carbocycles. The molecule has 4 aromatic rings. The van der Waals surface area contributed by atoms with E-state index in [1.807, 2.05) is 54.6 Å². The Bertz CT molecular complexity index is 1240. The van der Waals surface area contributed by atoms with Crippen LogP contribution >= 0.6 is 11.3 Å². The third-order valence-corrected chi connectivity index (χ3v) is 5.26. The summed E-state index contributed by atoms with van der Waals surface area (Å²) in [6.07, 6.45) is 1.81. The number of hydrogen-bond acceptors (Lipinski definition) is 6. The molecular weight excluding hydrogens is 386 g/mol. The zero-order chi connectivity index (χ0) is 20.4. The van der Waals surface area contributed by atoms with E-state index in [0.717, 1.165) is 16.9 Å². The van der Waals surface area contributed by atoms with E-state index >= 15 is 0 Å². The summed E-state index contributed by atoms with van der Waals surface area (Å²) in [4.78, 5) is 17.9. The number of benzene rings is 2. The summed E-state index contributed by atoms with van der Waals surface area (Å²) in [5.74, 6) is 2.51. The zero-order valence-electron chi connectivity index (χ0n) is 16.5. The molecule has 0 aliphatic heterocycles. The highest BCUT2D eigenvalue weighted by Gasteiger charge is 2.12. The van der Waals surface area contributed by atoms with Crippen molar-refractivity contribution in [3.63, 3.8) is 0 Å². The first-order valence-corrected chi connectivity index (χ1v) is 10.1. The Morgan fingerprint density at radius 3 is 2.59 bits per heavy atom. The predicted molar refractivity (Wildman–Crippen MR) is 115 cm³/mol. The molecule has 0 saturated heterocycles. The highest BCUT2D eigenvalue weighted by atomic mass is 32.1. The molecule has 2 aromatic carbocycles. The lowest BCUT2D eigenvalue weighted by Gasteiger charge is -2.08. The fourth-order valence-electron chi connectivity index (χ4n) is 2.85. The lowest BCUT2D eigenvalue weighted by atomic mass is 10.2. The molecule has 2 heterocycles. The van der Waals surface area contributed by atoms with E-state index < -0.39 is 0 Å². The van der Waals surface area contributed by atoms with Gasteiger partial charge in [0.15, 0.2) is 5.82 Å². The maximum absolute atomic E-state index is 12.8. The third kappa shape index (κ3) is 4.00. The largest absolute Gasteiger partial charge is 0.496 e. The van der Waals surface area contributed by atoms with Crippen molar-refractivity contribution in [2.24, 2.45) is 5.92 Å². The van der Waals surface area contributed by atoms with Crippen LogP contribution in [0.4, 0.5) is 0 Å². The molecule has 0 atom stereocenters. The van der Waals surface area contributed by atoms with Gasteiger partial charge in [0.2, 0.25) is 4.96 Å². The van der Waals surface area contributed by atoms with Gasteiger partial charge in [-0.15, -0.1) is 5.10 Å². The van der Waals surface area contributed by atoms with Gasteiger partial charge in [-0.05, 0) is 42.3 Å². The van der Waals surface area contributed by atoms with Crippen LogP contribution in [0.1, 0.15) is 19.4 Å². The van der Waals surface area contributed by atoms with Crippen LogP contribution < -0.4 is 19.6 Å². The van der Waals surface area contributed by atoms with Gasteiger partial charge in [0.25, 0.3) is 5.56 Å². The smallest absolute Gasteiger partial charge is 0.291 e. The van der Waals surface area contributed by atoms with Crippen molar-refractivity contribution in [3.8, 4) is 22.9 Å². The minimum atomic E-state index is -0.188. The van der Waals surface area contributed by atoms with Gasteiger partial charge in [-0.25, -0.2) is 0 Å². The third-order valence-electron chi connectivity index (χ3n) is 4.30. The Balaban J connectivity index is 1.65. The maximum Gasteiger partial charge on any atom is 0.291 e. The Kier molecular flexibility index (Phi) is 5.31. The SMILES string of the molecule is COc1ccccc1/C=c1/sc2nc(-c3ccc(OCC(C)C)cc3)nn2c1=O. The standard InChI is InChI=1S/C22H21N3O3S/c1-14(2)13-28-17-10-8-15(9-11-17)20-23-22-25(24-20)21(26)19(29-22)12-16-6-4-5-7-18(16)27-3/h4-12,14H,13H2,1-3H3/b19-12+. The molecule has 0 amide bonds. The van der Waals surface area contributed by atoms with Crippen LogP contribution in [0.2, 0.25) is 0 Å². The number of nitrogens with zero attached hydrogens (tertiary/aromatic N) is 3. The second-order valence-electron chi connectivity index (χ2n) is 7.02. The second-order valence-corrected chi connectivity index (χ2v) is 8.03. The summed E-state index contributed by atoms with van der Waals surface area (Å²) in [6.45, 7) is 4.88. The Hall–Kier alpha value is -3.19. The van der Waals surface area contributed by atoms with Crippen LogP contribution in [0.25, 0.3) is 22.4 Å². The lowest BCUT2D eigenvalue weighted by Crippen LogP contribution is -2.23. The van der Waals surface area contributed by atoms with Crippen molar-refractivity contribution >= 4 is 22.4 Å². The lowest BCUT2D eigenvalue weighted by molar-refractivity contribution is 0.271. The number of thiazole rings is 1. The van der Waals surface area contributed by atoms with Gasteiger partial charge in [0, 0.05) is 11.1 Å². The van der Waals surface area contributed by atoms with Gasteiger partial charge in [-0.2, -0.15) is 9.50 Å². The number of ether oxygens (including phenoxy) is 2. The Labute approximate surface area is 172 Å². The van der Waals surface area contributed by atoms with E-state index in [-0.39, 0.29) is 5.56 Å². The Morgan fingerprint density at radius 2 is 1.90 bits per heavy atom. The van der Waals surface area contributed by atoms with Crippen LogP contribution in [0.3, 0.4) is 0 Å². The second kappa shape index (κ2) is 8.05. The number of aromatic nitrogens is 3. The average molecular weight is 407 g/mol. The van der Waals surface area contributed by atoms with E-state index in [1.165, 1.54) is 15.9 Å². The summed E-state index contributed by atoms with van der Waals surface area (Å²) in [7, 11) is 1.61. The molecule has 6 nitrogen and oxygen atoms in total. The maximum atomic E-state index is 12.8. The molecule has 0 fully saturated rings. The summed E-state index contributed by atoms with van der Waals surface area (Å²) in [5, 5.41) is 4.40. The minimum Gasteiger partial charge on any atom is -0.496 e. The van der Waals surface area contributed by atoms with E-state index in [2.05, 4.69) is 23.9 Å². The molecule has 0 radical (unpaired) electrons. The first kappa shape index (κ1) is 19.1. The molecule has 0 N–H and O–H groups in total. The van der Waals surface area contributed by atoms with Crippen molar-refractivity contribution in [1.29, 1.82) is 0 Å². The molecular formula is C22H21N3O3S. The van der Waals surface area contributed by atoms with E-state index in [9.17, 15) is 4.79 Å². The Morgan fingerprint density at radius 1 is 1.14 bits per heavy atom. The molecule has 4 rings (SSSR count). The van der Waals surface area contributed by atoms with E-state index in [0.29, 0.717) is 33.6 Å². The fraction of sp³-hybridized carbons (Fsp3) is 0.227. The summed E-state index contributed by atoms with van der Waals surface area (Å²) < 4.78 is 13.0. The molecule has 148 valence electrons. The number of hydrogen-bond donors (Lipinski definition) is 0. The molecule has 0 spiro atoms. The summed E-state index contributed by atoms with van der Waals surface area (Å²) >= 11 is 1.31. The quantitative estimate of drug-likeness (QED) is 0.490. The van der Waals surface area contributed by atoms with Crippen LogP contribution in [0, 0.1) is 5.92 Å². The van der Waals surface area contributed by atoms with E-state index in [4.69, 9.17) is 9.47 Å². The van der Waals surface area contributed by atoms with E-state index in [1.54, 1.807) is 7.11 Å². The average Bonchev–Trinajstić information content (AvgIpc) is 3.27. The summed E-state index contributed by atoms with van der Waals surface area (Å²) in [6, 6.07) is 15.2. The zero-order valence-corrected chi connectivity index (χ0v) is 17.3. The van der Waals surface area contributed by atoms with Crippen LogP contribution in [0.15, 0.2) is 53.3 Å². The minimum absolute atomic E-state index is 0.188. The normalized spacial score (nSPS) is 12.1. The topological polar surface area (TPSA) is 65.7 Å².